The Hall–Kier alpha value is -2.36. The molecule has 120 valence electrons. The van der Waals surface area contributed by atoms with Crippen molar-refractivity contribution in [2.24, 2.45) is 0 Å². The molecule has 1 aliphatic rings. The molecule has 1 heterocycles. The Balaban J connectivity index is 1.76. The molecule has 3 nitrogen and oxygen atoms in total. The molecule has 1 fully saturated rings. The quantitative estimate of drug-likeness (QED) is 0.916. The summed E-state index contributed by atoms with van der Waals surface area (Å²) in [5, 5.41) is 2.87. The van der Waals surface area contributed by atoms with E-state index in [0.29, 0.717) is 11.1 Å². The maximum absolute atomic E-state index is 13.6. The first-order chi connectivity index (χ1) is 11.0. The minimum absolute atomic E-state index is 0.291. The predicted octanol–water partition coefficient (Wildman–Crippen LogP) is 4.30. The number of carbonyl (C=O) groups is 1. The average Bonchev–Trinajstić information content (AvgIpc) is 3.06. The summed E-state index contributed by atoms with van der Waals surface area (Å²) >= 11 is 0. The SMILES string of the molecule is Cc1ccc(C(=O)Nc2ccc(N3CCCC3)cc2C)cc1F. The molecule has 0 bridgehead atoms. The summed E-state index contributed by atoms with van der Waals surface area (Å²) in [6.45, 7) is 5.84. The summed E-state index contributed by atoms with van der Waals surface area (Å²) in [6.07, 6.45) is 2.47. The first-order valence-corrected chi connectivity index (χ1v) is 7.98. The lowest BCUT2D eigenvalue weighted by Gasteiger charge is -2.19. The highest BCUT2D eigenvalue weighted by molar-refractivity contribution is 6.04. The third-order valence-corrected chi connectivity index (χ3v) is 4.36. The molecule has 0 aliphatic carbocycles. The predicted molar refractivity (Wildman–Crippen MR) is 91.7 cm³/mol. The Bertz CT molecular complexity index is 736. The number of hydrogen-bond donors (Lipinski definition) is 1. The summed E-state index contributed by atoms with van der Waals surface area (Å²) in [5.41, 5.74) is 3.83. The summed E-state index contributed by atoms with van der Waals surface area (Å²) in [7, 11) is 0. The highest BCUT2D eigenvalue weighted by Gasteiger charge is 2.14. The fraction of sp³-hybridized carbons (Fsp3) is 0.316. The van der Waals surface area contributed by atoms with Crippen LogP contribution in [0.4, 0.5) is 15.8 Å². The van der Waals surface area contributed by atoms with Gasteiger partial charge in [0.15, 0.2) is 0 Å². The zero-order valence-electron chi connectivity index (χ0n) is 13.5. The van der Waals surface area contributed by atoms with Crippen molar-refractivity contribution in [2.45, 2.75) is 26.7 Å². The zero-order chi connectivity index (χ0) is 16.4. The van der Waals surface area contributed by atoms with E-state index in [-0.39, 0.29) is 11.7 Å². The number of amides is 1. The molecule has 23 heavy (non-hydrogen) atoms. The molecule has 1 saturated heterocycles. The van der Waals surface area contributed by atoms with Gasteiger partial charge in [0.05, 0.1) is 0 Å². The second-order valence-corrected chi connectivity index (χ2v) is 6.11. The number of nitrogens with zero attached hydrogens (tertiary/aromatic N) is 1. The van der Waals surface area contributed by atoms with Crippen LogP contribution in [0.3, 0.4) is 0 Å². The molecule has 1 N–H and O–H groups in total. The lowest BCUT2D eigenvalue weighted by atomic mass is 10.1. The van der Waals surface area contributed by atoms with E-state index in [4.69, 9.17) is 0 Å². The molecule has 0 radical (unpaired) electrons. The summed E-state index contributed by atoms with van der Waals surface area (Å²) in [4.78, 5) is 14.6. The molecule has 2 aromatic rings. The Labute approximate surface area is 136 Å². The van der Waals surface area contributed by atoms with Gasteiger partial charge in [-0.15, -0.1) is 0 Å². The van der Waals surface area contributed by atoms with Gasteiger partial charge in [0.1, 0.15) is 5.82 Å². The lowest BCUT2D eigenvalue weighted by Crippen LogP contribution is -2.18. The fourth-order valence-electron chi connectivity index (χ4n) is 2.89. The van der Waals surface area contributed by atoms with Crippen molar-refractivity contribution in [3.63, 3.8) is 0 Å². The van der Waals surface area contributed by atoms with Gasteiger partial charge in [-0.05, 0) is 68.1 Å². The van der Waals surface area contributed by atoms with Crippen molar-refractivity contribution >= 4 is 17.3 Å². The monoisotopic (exact) mass is 312 g/mol. The second kappa shape index (κ2) is 6.41. The molecule has 2 aromatic carbocycles. The topological polar surface area (TPSA) is 32.3 Å². The van der Waals surface area contributed by atoms with Crippen LogP contribution in [-0.2, 0) is 0 Å². The Morgan fingerprint density at radius 2 is 1.78 bits per heavy atom. The Morgan fingerprint density at radius 1 is 1.04 bits per heavy atom. The van der Waals surface area contributed by atoms with Crippen molar-refractivity contribution in [3.05, 3.63) is 58.9 Å². The van der Waals surface area contributed by atoms with Crippen LogP contribution in [0.2, 0.25) is 0 Å². The average molecular weight is 312 g/mol. The van der Waals surface area contributed by atoms with Gasteiger partial charge in [0, 0.05) is 30.0 Å². The van der Waals surface area contributed by atoms with Crippen molar-refractivity contribution in [3.8, 4) is 0 Å². The Kier molecular flexibility index (Phi) is 4.33. The Morgan fingerprint density at radius 3 is 2.43 bits per heavy atom. The number of anilines is 2. The van der Waals surface area contributed by atoms with Gasteiger partial charge in [-0.3, -0.25) is 4.79 Å². The van der Waals surface area contributed by atoms with Gasteiger partial charge < -0.3 is 10.2 Å². The molecule has 0 aromatic heterocycles. The molecular weight excluding hydrogens is 291 g/mol. The molecule has 1 amide bonds. The molecule has 1 aliphatic heterocycles. The number of aryl methyl sites for hydroxylation is 2. The van der Waals surface area contributed by atoms with Crippen LogP contribution < -0.4 is 10.2 Å². The third-order valence-electron chi connectivity index (χ3n) is 4.36. The van der Waals surface area contributed by atoms with Gasteiger partial charge in [0.25, 0.3) is 5.91 Å². The van der Waals surface area contributed by atoms with Crippen LogP contribution in [0.15, 0.2) is 36.4 Å². The number of nitrogens with one attached hydrogen (secondary N) is 1. The first-order valence-electron chi connectivity index (χ1n) is 7.98. The van der Waals surface area contributed by atoms with Crippen molar-refractivity contribution in [2.75, 3.05) is 23.3 Å². The van der Waals surface area contributed by atoms with Crippen LogP contribution in [0, 0.1) is 19.7 Å². The van der Waals surface area contributed by atoms with Crippen LogP contribution in [0.25, 0.3) is 0 Å². The maximum atomic E-state index is 13.6. The highest BCUT2D eigenvalue weighted by Crippen LogP contribution is 2.26. The summed E-state index contributed by atoms with van der Waals surface area (Å²) in [6, 6.07) is 10.6. The molecule has 0 spiro atoms. The van der Waals surface area contributed by atoms with Crippen LogP contribution >= 0.6 is 0 Å². The number of carbonyl (C=O) groups excluding carboxylic acids is 1. The van der Waals surface area contributed by atoms with E-state index in [1.807, 2.05) is 19.1 Å². The number of benzene rings is 2. The number of hydrogen-bond acceptors (Lipinski definition) is 2. The maximum Gasteiger partial charge on any atom is 0.255 e. The van der Waals surface area contributed by atoms with E-state index in [0.717, 1.165) is 24.3 Å². The largest absolute Gasteiger partial charge is 0.372 e. The van der Waals surface area contributed by atoms with E-state index in [1.54, 1.807) is 19.1 Å². The highest BCUT2D eigenvalue weighted by atomic mass is 19.1. The molecule has 3 rings (SSSR count). The molecule has 4 heteroatoms. The van der Waals surface area contributed by atoms with E-state index < -0.39 is 0 Å². The molecular formula is C19H21FN2O. The van der Waals surface area contributed by atoms with Crippen molar-refractivity contribution in [1.82, 2.24) is 0 Å². The van der Waals surface area contributed by atoms with Crippen LogP contribution in [0.5, 0.6) is 0 Å². The van der Waals surface area contributed by atoms with Crippen LogP contribution in [-0.4, -0.2) is 19.0 Å². The molecule has 0 unspecified atom stereocenters. The normalized spacial score (nSPS) is 14.1. The standard InChI is InChI=1S/C19H21FN2O/c1-13-5-6-15(12-17(13)20)19(23)21-18-8-7-16(11-14(18)2)22-9-3-4-10-22/h5-8,11-12H,3-4,9-10H2,1-2H3,(H,21,23). The summed E-state index contributed by atoms with van der Waals surface area (Å²) in [5.74, 6) is -0.653. The third kappa shape index (κ3) is 3.36. The first kappa shape index (κ1) is 15.5. The van der Waals surface area contributed by atoms with Crippen molar-refractivity contribution < 1.29 is 9.18 Å². The molecule has 0 saturated carbocycles. The van der Waals surface area contributed by atoms with E-state index in [2.05, 4.69) is 16.3 Å². The minimum atomic E-state index is -0.362. The smallest absolute Gasteiger partial charge is 0.255 e. The zero-order valence-corrected chi connectivity index (χ0v) is 13.5. The van der Waals surface area contributed by atoms with Crippen LogP contribution in [0.1, 0.15) is 34.3 Å². The van der Waals surface area contributed by atoms with Gasteiger partial charge in [-0.2, -0.15) is 0 Å². The van der Waals surface area contributed by atoms with Gasteiger partial charge in [0.2, 0.25) is 0 Å². The van der Waals surface area contributed by atoms with E-state index in [9.17, 15) is 9.18 Å². The lowest BCUT2D eigenvalue weighted by molar-refractivity contribution is 0.102. The van der Waals surface area contributed by atoms with E-state index in [1.165, 1.54) is 24.6 Å². The van der Waals surface area contributed by atoms with Gasteiger partial charge >= 0.3 is 0 Å². The second-order valence-electron chi connectivity index (χ2n) is 6.11. The van der Waals surface area contributed by atoms with Crippen molar-refractivity contribution in [1.29, 1.82) is 0 Å². The number of halogens is 1. The van der Waals surface area contributed by atoms with E-state index >= 15 is 0 Å². The fourth-order valence-corrected chi connectivity index (χ4v) is 2.89. The van der Waals surface area contributed by atoms with Gasteiger partial charge in [-0.25, -0.2) is 4.39 Å². The minimum Gasteiger partial charge on any atom is -0.372 e. The van der Waals surface area contributed by atoms with Gasteiger partial charge in [-0.1, -0.05) is 6.07 Å². The summed E-state index contributed by atoms with van der Waals surface area (Å²) < 4.78 is 13.6. The number of rotatable bonds is 3. The molecule has 0 atom stereocenters.